The summed E-state index contributed by atoms with van der Waals surface area (Å²) in [4.78, 5) is 14.2. The van der Waals surface area contributed by atoms with Gasteiger partial charge in [-0.2, -0.15) is 0 Å². The van der Waals surface area contributed by atoms with Crippen LogP contribution in [-0.2, 0) is 11.3 Å². The molecule has 0 radical (unpaired) electrons. The highest BCUT2D eigenvalue weighted by molar-refractivity contribution is 6.30. The highest BCUT2D eigenvalue weighted by atomic mass is 35.5. The third-order valence-corrected chi connectivity index (χ3v) is 4.06. The molecule has 0 spiro atoms. The first-order valence-electron chi connectivity index (χ1n) is 7.00. The second kappa shape index (κ2) is 7.07. The van der Waals surface area contributed by atoms with E-state index >= 15 is 0 Å². The zero-order chi connectivity index (χ0) is 14.5. The van der Waals surface area contributed by atoms with Crippen LogP contribution in [-0.4, -0.2) is 41.1 Å². The van der Waals surface area contributed by atoms with Gasteiger partial charge in [-0.3, -0.25) is 9.69 Å². The Morgan fingerprint density at radius 3 is 2.60 bits per heavy atom. The van der Waals surface area contributed by atoms with Crippen LogP contribution in [0, 0.1) is 0 Å². The second-order valence-corrected chi connectivity index (χ2v) is 5.72. The van der Waals surface area contributed by atoms with Gasteiger partial charge in [-0.15, -0.1) is 0 Å². The van der Waals surface area contributed by atoms with Crippen molar-refractivity contribution in [2.45, 2.75) is 38.5 Å². The van der Waals surface area contributed by atoms with Crippen LogP contribution in [0.1, 0.15) is 25.3 Å². The number of amides is 1. The van der Waals surface area contributed by atoms with Gasteiger partial charge in [-0.1, -0.05) is 23.7 Å². The quantitative estimate of drug-likeness (QED) is 0.891. The van der Waals surface area contributed by atoms with Crippen LogP contribution in [0.25, 0.3) is 0 Å². The van der Waals surface area contributed by atoms with Gasteiger partial charge in [0.2, 0.25) is 5.91 Å². The van der Waals surface area contributed by atoms with Crippen molar-refractivity contribution >= 4 is 17.5 Å². The monoisotopic (exact) mass is 296 g/mol. The molecule has 1 heterocycles. The van der Waals surface area contributed by atoms with Crippen molar-refractivity contribution in [3.8, 4) is 0 Å². The van der Waals surface area contributed by atoms with E-state index in [-0.39, 0.29) is 18.1 Å². The molecule has 110 valence electrons. The van der Waals surface area contributed by atoms with Crippen LogP contribution < -0.4 is 5.32 Å². The van der Waals surface area contributed by atoms with Crippen molar-refractivity contribution in [1.82, 2.24) is 10.2 Å². The largest absolute Gasteiger partial charge is 0.393 e. The molecule has 0 saturated carbocycles. The smallest absolute Gasteiger partial charge is 0.237 e. The maximum absolute atomic E-state index is 12.1. The zero-order valence-corrected chi connectivity index (χ0v) is 12.4. The number of hydrogen-bond donors (Lipinski definition) is 2. The number of nitrogens with one attached hydrogen (secondary N) is 1. The minimum Gasteiger partial charge on any atom is -0.393 e. The topological polar surface area (TPSA) is 52.6 Å². The molecule has 1 aliphatic rings. The summed E-state index contributed by atoms with van der Waals surface area (Å²) in [7, 11) is 0. The SMILES string of the molecule is CC(C(=O)NCc1ccc(Cl)cc1)N1CCC(O)CC1. The summed E-state index contributed by atoms with van der Waals surface area (Å²) in [5.74, 6) is 0.0244. The standard InChI is InChI=1S/C15H21ClN2O2/c1-11(18-8-6-14(19)7-9-18)15(20)17-10-12-2-4-13(16)5-3-12/h2-5,11,14,19H,6-10H2,1H3,(H,17,20). The van der Waals surface area contributed by atoms with Crippen molar-refractivity contribution in [3.05, 3.63) is 34.9 Å². The van der Waals surface area contributed by atoms with Gasteiger partial charge < -0.3 is 10.4 Å². The number of benzene rings is 1. The van der Waals surface area contributed by atoms with Gasteiger partial charge in [-0.25, -0.2) is 0 Å². The van der Waals surface area contributed by atoms with Gasteiger partial charge in [0.25, 0.3) is 0 Å². The van der Waals surface area contributed by atoms with E-state index in [1.54, 1.807) is 0 Å². The second-order valence-electron chi connectivity index (χ2n) is 5.29. The molecule has 1 aromatic rings. The number of likely N-dealkylation sites (tertiary alicyclic amines) is 1. The summed E-state index contributed by atoms with van der Waals surface area (Å²) < 4.78 is 0. The predicted octanol–water partition coefficient (Wildman–Crippen LogP) is 1.80. The maximum atomic E-state index is 12.1. The fourth-order valence-electron chi connectivity index (χ4n) is 2.38. The summed E-state index contributed by atoms with van der Waals surface area (Å²) in [6.07, 6.45) is 1.28. The Balaban J connectivity index is 1.80. The van der Waals surface area contributed by atoms with Crippen LogP contribution in [0.4, 0.5) is 0 Å². The molecule has 1 amide bonds. The molecule has 2 rings (SSSR count). The zero-order valence-electron chi connectivity index (χ0n) is 11.7. The Labute approximate surface area is 124 Å². The van der Waals surface area contributed by atoms with Crippen molar-refractivity contribution in [2.24, 2.45) is 0 Å². The Morgan fingerprint density at radius 1 is 1.40 bits per heavy atom. The molecule has 1 aromatic carbocycles. The van der Waals surface area contributed by atoms with Gasteiger partial charge in [0.05, 0.1) is 12.1 Å². The van der Waals surface area contributed by atoms with E-state index in [1.165, 1.54) is 0 Å². The van der Waals surface area contributed by atoms with E-state index in [0.717, 1.165) is 31.5 Å². The van der Waals surface area contributed by atoms with E-state index < -0.39 is 0 Å². The fourth-order valence-corrected chi connectivity index (χ4v) is 2.50. The van der Waals surface area contributed by atoms with Gasteiger partial charge in [0.15, 0.2) is 0 Å². The lowest BCUT2D eigenvalue weighted by Crippen LogP contribution is -2.48. The molecule has 0 aliphatic carbocycles. The van der Waals surface area contributed by atoms with Gasteiger partial charge >= 0.3 is 0 Å². The summed E-state index contributed by atoms with van der Waals surface area (Å²) in [6, 6.07) is 7.29. The Morgan fingerprint density at radius 2 is 2.00 bits per heavy atom. The first-order chi connectivity index (χ1) is 9.56. The van der Waals surface area contributed by atoms with E-state index in [1.807, 2.05) is 31.2 Å². The normalized spacial score (nSPS) is 18.8. The molecule has 1 fully saturated rings. The van der Waals surface area contributed by atoms with Crippen molar-refractivity contribution in [3.63, 3.8) is 0 Å². The third-order valence-electron chi connectivity index (χ3n) is 3.81. The number of rotatable bonds is 4. The van der Waals surface area contributed by atoms with E-state index in [2.05, 4.69) is 10.2 Å². The van der Waals surface area contributed by atoms with Crippen molar-refractivity contribution in [2.75, 3.05) is 13.1 Å². The molecular weight excluding hydrogens is 276 g/mol. The number of halogens is 1. The Bertz CT molecular complexity index is 442. The van der Waals surface area contributed by atoms with Gasteiger partial charge in [-0.05, 0) is 37.5 Å². The van der Waals surface area contributed by atoms with Crippen LogP contribution >= 0.6 is 11.6 Å². The number of aliphatic hydroxyl groups excluding tert-OH is 1. The highest BCUT2D eigenvalue weighted by Gasteiger charge is 2.25. The molecule has 0 aromatic heterocycles. The van der Waals surface area contributed by atoms with Gasteiger partial charge in [0, 0.05) is 24.7 Å². The lowest BCUT2D eigenvalue weighted by molar-refractivity contribution is -0.126. The Kier molecular flexibility index (Phi) is 5.40. The minimum atomic E-state index is -0.212. The van der Waals surface area contributed by atoms with Crippen LogP contribution in [0.15, 0.2) is 24.3 Å². The highest BCUT2D eigenvalue weighted by Crippen LogP contribution is 2.13. The van der Waals surface area contributed by atoms with Crippen LogP contribution in [0.2, 0.25) is 5.02 Å². The average molecular weight is 297 g/mol. The maximum Gasteiger partial charge on any atom is 0.237 e. The molecule has 4 nitrogen and oxygen atoms in total. The number of carbonyl (C=O) groups excluding carboxylic acids is 1. The van der Waals surface area contributed by atoms with Crippen LogP contribution in [0.3, 0.4) is 0 Å². The molecular formula is C15H21ClN2O2. The summed E-state index contributed by atoms with van der Waals surface area (Å²) in [6.45, 7) is 3.97. The molecule has 1 saturated heterocycles. The first kappa shape index (κ1) is 15.3. The molecule has 0 bridgehead atoms. The van der Waals surface area contributed by atoms with Crippen LogP contribution in [0.5, 0.6) is 0 Å². The number of aliphatic hydroxyl groups is 1. The molecule has 1 aliphatic heterocycles. The molecule has 1 atom stereocenters. The summed E-state index contributed by atoms with van der Waals surface area (Å²) >= 11 is 5.82. The van der Waals surface area contributed by atoms with Crippen molar-refractivity contribution in [1.29, 1.82) is 0 Å². The Hall–Kier alpha value is -1.10. The lowest BCUT2D eigenvalue weighted by Gasteiger charge is -2.33. The first-order valence-corrected chi connectivity index (χ1v) is 7.38. The van der Waals surface area contributed by atoms with E-state index in [0.29, 0.717) is 11.6 Å². The number of piperidine rings is 1. The fraction of sp³-hybridized carbons (Fsp3) is 0.533. The number of nitrogens with zero attached hydrogens (tertiary/aromatic N) is 1. The number of carbonyl (C=O) groups is 1. The molecule has 1 unspecified atom stereocenters. The summed E-state index contributed by atoms with van der Waals surface area (Å²) in [5, 5.41) is 13.1. The van der Waals surface area contributed by atoms with Gasteiger partial charge in [0.1, 0.15) is 0 Å². The van der Waals surface area contributed by atoms with Crippen molar-refractivity contribution < 1.29 is 9.90 Å². The van der Waals surface area contributed by atoms with E-state index in [4.69, 9.17) is 11.6 Å². The molecule has 5 heteroatoms. The van der Waals surface area contributed by atoms with E-state index in [9.17, 15) is 9.90 Å². The summed E-state index contributed by atoms with van der Waals surface area (Å²) in [5.41, 5.74) is 1.03. The predicted molar refractivity (Wildman–Crippen MR) is 79.6 cm³/mol. The molecule has 20 heavy (non-hydrogen) atoms. The molecule has 2 N–H and O–H groups in total. The minimum absolute atomic E-state index is 0.0244. The lowest BCUT2D eigenvalue weighted by atomic mass is 10.1. The number of hydrogen-bond acceptors (Lipinski definition) is 3. The average Bonchev–Trinajstić information content (AvgIpc) is 2.46. The third kappa shape index (κ3) is 4.20.